The molecule has 0 fully saturated rings. The summed E-state index contributed by atoms with van der Waals surface area (Å²) >= 11 is 0. The van der Waals surface area contributed by atoms with E-state index in [1.165, 1.54) is 38.5 Å². The summed E-state index contributed by atoms with van der Waals surface area (Å²) in [4.78, 5) is 0. The predicted molar refractivity (Wildman–Crippen MR) is 90.4 cm³/mol. The highest BCUT2D eigenvalue weighted by Gasteiger charge is 2.34. The van der Waals surface area contributed by atoms with Crippen LogP contribution in [0.1, 0.15) is 76.7 Å². The molecule has 0 radical (unpaired) electrons. The molecule has 0 saturated carbocycles. The van der Waals surface area contributed by atoms with Crippen molar-refractivity contribution in [2.24, 2.45) is 0 Å². The number of hydrogen-bond acceptors (Lipinski definition) is 3. The lowest BCUT2D eigenvalue weighted by Gasteiger charge is -2.27. The molecule has 1 aromatic rings. The van der Waals surface area contributed by atoms with E-state index in [0.29, 0.717) is 12.0 Å². The Morgan fingerprint density at radius 2 is 1.32 bits per heavy atom. The van der Waals surface area contributed by atoms with Gasteiger partial charge in [0.15, 0.2) is 0 Å². The number of aliphatic hydroxyl groups excluding tert-OH is 1. The summed E-state index contributed by atoms with van der Waals surface area (Å²) in [7, 11) is 0. The minimum Gasteiger partial charge on any atom is -0.387 e. The molecule has 0 aliphatic rings. The van der Waals surface area contributed by atoms with Gasteiger partial charge >= 0.3 is 0 Å². The van der Waals surface area contributed by atoms with Gasteiger partial charge in [0.25, 0.3) is 0 Å². The van der Waals surface area contributed by atoms with Gasteiger partial charge in [0.2, 0.25) is 5.79 Å². The van der Waals surface area contributed by atoms with Gasteiger partial charge in [-0.05, 0) is 6.42 Å². The maximum atomic E-state index is 10.1. The van der Waals surface area contributed by atoms with Gasteiger partial charge in [-0.1, -0.05) is 95.0 Å². The summed E-state index contributed by atoms with van der Waals surface area (Å²) in [5, 5.41) is 30.2. The van der Waals surface area contributed by atoms with Crippen LogP contribution in [-0.4, -0.2) is 21.4 Å². The number of rotatable bonds is 12. The van der Waals surface area contributed by atoms with Crippen LogP contribution in [0.3, 0.4) is 0 Å². The van der Waals surface area contributed by atoms with Crippen molar-refractivity contribution in [1.82, 2.24) is 0 Å². The summed E-state index contributed by atoms with van der Waals surface area (Å²) in [6.45, 7) is 2.23. The molecule has 3 N–H and O–H groups in total. The van der Waals surface area contributed by atoms with Gasteiger partial charge in [-0.3, -0.25) is 0 Å². The van der Waals surface area contributed by atoms with E-state index in [-0.39, 0.29) is 0 Å². The summed E-state index contributed by atoms with van der Waals surface area (Å²) in [5.74, 6) is -2.15. The van der Waals surface area contributed by atoms with Crippen LogP contribution >= 0.6 is 0 Å². The molecule has 0 aromatic heterocycles. The number of aliphatic hydroxyl groups is 3. The number of unbranched alkanes of at least 4 members (excludes halogenated alkanes) is 8. The number of benzene rings is 1. The first-order valence-electron chi connectivity index (χ1n) is 8.77. The van der Waals surface area contributed by atoms with E-state index in [4.69, 9.17) is 0 Å². The third-order valence-corrected chi connectivity index (χ3v) is 4.24. The highest BCUT2D eigenvalue weighted by Crippen LogP contribution is 2.25. The molecule has 0 aliphatic carbocycles. The van der Waals surface area contributed by atoms with Crippen LogP contribution in [0.2, 0.25) is 0 Å². The lowest BCUT2D eigenvalue weighted by Crippen LogP contribution is -2.39. The second-order valence-electron chi connectivity index (χ2n) is 6.23. The molecule has 1 rings (SSSR count). The van der Waals surface area contributed by atoms with E-state index in [1.54, 1.807) is 24.3 Å². The molecular weight excluding hydrogens is 276 g/mol. The Morgan fingerprint density at radius 1 is 0.818 bits per heavy atom. The van der Waals surface area contributed by atoms with Crippen LogP contribution in [0.25, 0.3) is 0 Å². The maximum Gasteiger partial charge on any atom is 0.216 e. The Hall–Kier alpha value is -0.900. The molecule has 3 nitrogen and oxygen atoms in total. The third-order valence-electron chi connectivity index (χ3n) is 4.24. The Kier molecular flexibility index (Phi) is 9.37. The second-order valence-corrected chi connectivity index (χ2v) is 6.23. The second kappa shape index (κ2) is 10.8. The summed E-state index contributed by atoms with van der Waals surface area (Å²) in [6.07, 6.45) is 10.1. The van der Waals surface area contributed by atoms with Crippen molar-refractivity contribution in [1.29, 1.82) is 0 Å². The largest absolute Gasteiger partial charge is 0.387 e. The molecule has 22 heavy (non-hydrogen) atoms. The SMILES string of the molecule is CCCCCCCCCCCC(O)C(O)(O)c1ccccc1. The van der Waals surface area contributed by atoms with E-state index in [2.05, 4.69) is 6.92 Å². The van der Waals surface area contributed by atoms with Crippen molar-refractivity contribution >= 4 is 0 Å². The quantitative estimate of drug-likeness (QED) is 0.402. The molecule has 1 atom stereocenters. The van der Waals surface area contributed by atoms with Gasteiger partial charge in [0.05, 0.1) is 0 Å². The van der Waals surface area contributed by atoms with E-state index >= 15 is 0 Å². The fourth-order valence-electron chi connectivity index (χ4n) is 2.73. The standard InChI is InChI=1S/C19H32O3/c1-2-3-4-5-6-7-8-9-13-16-18(20)19(21,22)17-14-11-10-12-15-17/h10-12,14-15,18,20-22H,2-9,13,16H2,1H3. The topological polar surface area (TPSA) is 60.7 Å². The Morgan fingerprint density at radius 3 is 1.86 bits per heavy atom. The van der Waals surface area contributed by atoms with E-state index in [0.717, 1.165) is 19.3 Å². The van der Waals surface area contributed by atoms with Crippen LogP contribution in [0.4, 0.5) is 0 Å². The molecule has 1 unspecified atom stereocenters. The average Bonchev–Trinajstić information content (AvgIpc) is 2.54. The van der Waals surface area contributed by atoms with Crippen molar-refractivity contribution in [3.05, 3.63) is 35.9 Å². The minimum atomic E-state index is -2.15. The van der Waals surface area contributed by atoms with Crippen molar-refractivity contribution in [2.45, 2.75) is 83.0 Å². The highest BCUT2D eigenvalue weighted by atomic mass is 16.5. The van der Waals surface area contributed by atoms with Crippen molar-refractivity contribution in [3.63, 3.8) is 0 Å². The van der Waals surface area contributed by atoms with Crippen LogP contribution in [0.5, 0.6) is 0 Å². The van der Waals surface area contributed by atoms with Crippen LogP contribution < -0.4 is 0 Å². The zero-order valence-electron chi connectivity index (χ0n) is 13.9. The molecule has 126 valence electrons. The highest BCUT2D eigenvalue weighted by molar-refractivity contribution is 5.20. The van der Waals surface area contributed by atoms with E-state index in [9.17, 15) is 15.3 Å². The molecule has 0 saturated heterocycles. The van der Waals surface area contributed by atoms with Gasteiger partial charge in [-0.15, -0.1) is 0 Å². The molecule has 0 bridgehead atoms. The zero-order chi connectivity index (χ0) is 16.3. The smallest absolute Gasteiger partial charge is 0.216 e. The first kappa shape index (κ1) is 19.1. The van der Waals surface area contributed by atoms with Crippen LogP contribution in [-0.2, 0) is 5.79 Å². The molecule has 0 aliphatic heterocycles. The normalized spacial score (nSPS) is 13.3. The van der Waals surface area contributed by atoms with Crippen molar-refractivity contribution in [3.8, 4) is 0 Å². The monoisotopic (exact) mass is 308 g/mol. The van der Waals surface area contributed by atoms with Gasteiger partial charge in [-0.2, -0.15) is 0 Å². The van der Waals surface area contributed by atoms with Gasteiger partial charge in [0, 0.05) is 5.56 Å². The average molecular weight is 308 g/mol. The first-order valence-corrected chi connectivity index (χ1v) is 8.77. The molecular formula is C19H32O3. The lowest BCUT2D eigenvalue weighted by atomic mass is 9.95. The minimum absolute atomic E-state index is 0.346. The molecule has 0 spiro atoms. The Labute approximate surface area is 135 Å². The third kappa shape index (κ3) is 6.91. The van der Waals surface area contributed by atoms with Gasteiger partial charge in [0.1, 0.15) is 6.10 Å². The fourth-order valence-corrected chi connectivity index (χ4v) is 2.73. The molecule has 1 aromatic carbocycles. The first-order chi connectivity index (χ1) is 10.6. The van der Waals surface area contributed by atoms with Crippen LogP contribution in [0.15, 0.2) is 30.3 Å². The molecule has 0 heterocycles. The van der Waals surface area contributed by atoms with Gasteiger partial charge in [-0.25, -0.2) is 0 Å². The number of hydrogen-bond donors (Lipinski definition) is 3. The fraction of sp³-hybridized carbons (Fsp3) is 0.684. The summed E-state index contributed by atoms with van der Waals surface area (Å²) < 4.78 is 0. The van der Waals surface area contributed by atoms with E-state index < -0.39 is 11.9 Å². The predicted octanol–water partition coefficient (Wildman–Crippen LogP) is 4.11. The molecule has 0 amide bonds. The van der Waals surface area contributed by atoms with Crippen molar-refractivity contribution in [2.75, 3.05) is 0 Å². The lowest BCUT2D eigenvalue weighted by molar-refractivity contribution is -0.236. The molecule has 3 heteroatoms. The zero-order valence-corrected chi connectivity index (χ0v) is 13.9. The Balaban J connectivity index is 2.14. The maximum absolute atomic E-state index is 10.1. The van der Waals surface area contributed by atoms with E-state index in [1.807, 2.05) is 6.07 Å². The van der Waals surface area contributed by atoms with Crippen LogP contribution in [0, 0.1) is 0 Å². The summed E-state index contributed by atoms with van der Waals surface area (Å²) in [5.41, 5.74) is 0.346. The van der Waals surface area contributed by atoms with Crippen molar-refractivity contribution < 1.29 is 15.3 Å². The van der Waals surface area contributed by atoms with Gasteiger partial charge < -0.3 is 15.3 Å². The summed E-state index contributed by atoms with van der Waals surface area (Å²) in [6, 6.07) is 8.54. The Bertz CT molecular complexity index is 376.